The second-order valence-corrected chi connectivity index (χ2v) is 6.19. The van der Waals surface area contributed by atoms with Gasteiger partial charge in [0.25, 0.3) is 0 Å². The van der Waals surface area contributed by atoms with E-state index in [-0.39, 0.29) is 23.0 Å². The molecule has 0 bridgehead atoms. The van der Waals surface area contributed by atoms with E-state index in [0.29, 0.717) is 12.5 Å². The van der Waals surface area contributed by atoms with Gasteiger partial charge in [0, 0.05) is 25.2 Å². The number of ether oxygens (including phenoxy) is 1. The van der Waals surface area contributed by atoms with Crippen LogP contribution in [-0.2, 0) is 11.2 Å². The van der Waals surface area contributed by atoms with Crippen molar-refractivity contribution < 1.29 is 9.13 Å². The molecule has 1 aromatic carbocycles. The van der Waals surface area contributed by atoms with E-state index in [0.717, 1.165) is 25.3 Å². The molecule has 0 saturated carbocycles. The van der Waals surface area contributed by atoms with Crippen molar-refractivity contribution in [3.8, 4) is 0 Å². The van der Waals surface area contributed by atoms with Gasteiger partial charge in [-0.25, -0.2) is 4.39 Å². The molecule has 1 aliphatic rings. The van der Waals surface area contributed by atoms with Crippen LogP contribution in [0.5, 0.6) is 0 Å². The summed E-state index contributed by atoms with van der Waals surface area (Å²) in [4.78, 5) is 2.41. The number of benzene rings is 1. The number of nitrogens with zero attached hydrogens (tertiary/aromatic N) is 1. The van der Waals surface area contributed by atoms with E-state index in [4.69, 9.17) is 16.3 Å². The highest BCUT2D eigenvalue weighted by Gasteiger charge is 2.29. The average molecular weight is 315 g/mol. The molecule has 1 heterocycles. The van der Waals surface area contributed by atoms with Gasteiger partial charge in [-0.05, 0) is 38.9 Å². The first-order chi connectivity index (χ1) is 10.0. The molecule has 1 aromatic rings. The molecule has 0 amide bonds. The highest BCUT2D eigenvalue weighted by Crippen LogP contribution is 2.23. The van der Waals surface area contributed by atoms with Crippen LogP contribution in [0.4, 0.5) is 4.39 Å². The Hall–Kier alpha value is -0.680. The number of nitrogens with one attached hydrogen (secondary N) is 1. The van der Waals surface area contributed by atoms with E-state index in [1.54, 1.807) is 6.07 Å². The fourth-order valence-corrected chi connectivity index (χ4v) is 2.97. The monoisotopic (exact) mass is 314 g/mol. The van der Waals surface area contributed by atoms with Crippen molar-refractivity contribution >= 4 is 11.6 Å². The summed E-state index contributed by atoms with van der Waals surface area (Å²) in [5, 5.41) is 3.51. The number of rotatable bonds is 5. The minimum absolute atomic E-state index is 0.0884. The Bertz CT molecular complexity index is 470. The third-order valence-corrected chi connectivity index (χ3v) is 4.57. The Morgan fingerprint density at radius 3 is 2.90 bits per heavy atom. The summed E-state index contributed by atoms with van der Waals surface area (Å²) in [6, 6.07) is 5.58. The van der Waals surface area contributed by atoms with Gasteiger partial charge in [-0.1, -0.05) is 23.7 Å². The van der Waals surface area contributed by atoms with Crippen LogP contribution in [0.25, 0.3) is 0 Å². The van der Waals surface area contributed by atoms with E-state index in [2.05, 4.69) is 24.1 Å². The van der Waals surface area contributed by atoms with Crippen LogP contribution in [0.3, 0.4) is 0 Å². The van der Waals surface area contributed by atoms with Crippen molar-refractivity contribution in [2.45, 2.75) is 38.5 Å². The van der Waals surface area contributed by atoms with Crippen molar-refractivity contribution in [3.63, 3.8) is 0 Å². The number of likely N-dealkylation sites (N-methyl/N-ethyl adjacent to an activating group) is 1. The van der Waals surface area contributed by atoms with E-state index < -0.39 is 0 Å². The maximum Gasteiger partial charge on any atom is 0.142 e. The van der Waals surface area contributed by atoms with Gasteiger partial charge >= 0.3 is 0 Å². The minimum Gasteiger partial charge on any atom is -0.374 e. The Labute approximate surface area is 131 Å². The van der Waals surface area contributed by atoms with Crippen LogP contribution in [0, 0.1) is 5.82 Å². The maximum atomic E-state index is 13.6. The summed E-state index contributed by atoms with van der Waals surface area (Å²) in [5.74, 6) is -0.364. The summed E-state index contributed by atoms with van der Waals surface area (Å²) in [5.41, 5.74) is 0.821. The highest BCUT2D eigenvalue weighted by atomic mass is 35.5. The number of hydrogen-bond donors (Lipinski definition) is 1. The van der Waals surface area contributed by atoms with Gasteiger partial charge in [-0.3, -0.25) is 4.90 Å². The second-order valence-electron chi connectivity index (χ2n) is 5.81. The maximum absolute atomic E-state index is 13.6. The van der Waals surface area contributed by atoms with Crippen LogP contribution in [0.2, 0.25) is 5.02 Å². The van der Waals surface area contributed by atoms with Gasteiger partial charge in [0.05, 0.1) is 17.7 Å². The topological polar surface area (TPSA) is 24.5 Å². The molecule has 1 N–H and O–H groups in total. The van der Waals surface area contributed by atoms with Crippen LogP contribution in [-0.4, -0.2) is 49.8 Å². The molecule has 3 nitrogen and oxygen atoms in total. The van der Waals surface area contributed by atoms with Crippen molar-refractivity contribution in [1.29, 1.82) is 0 Å². The standard InChI is InChI=1S/C16H24ClFN2O/c1-11(2)20-7-8-21-15(10-20)14(19-3)9-12-5-4-6-13(18)16(12)17/h4-6,11,14-15,19H,7-10H2,1-3H3. The Morgan fingerprint density at radius 2 is 2.24 bits per heavy atom. The van der Waals surface area contributed by atoms with Crippen molar-refractivity contribution in [2.75, 3.05) is 26.7 Å². The third kappa shape index (κ3) is 4.16. The zero-order chi connectivity index (χ0) is 15.4. The largest absolute Gasteiger partial charge is 0.374 e. The molecule has 1 saturated heterocycles. The van der Waals surface area contributed by atoms with E-state index in [1.165, 1.54) is 6.07 Å². The van der Waals surface area contributed by atoms with E-state index in [9.17, 15) is 4.39 Å². The molecule has 0 spiro atoms. The molecule has 118 valence electrons. The first-order valence-electron chi connectivity index (χ1n) is 7.48. The SMILES string of the molecule is CNC(Cc1cccc(F)c1Cl)C1CN(C(C)C)CCO1. The lowest BCUT2D eigenvalue weighted by atomic mass is 9.99. The molecule has 5 heteroatoms. The summed E-state index contributed by atoms with van der Waals surface area (Å²) in [7, 11) is 1.91. The molecule has 0 aliphatic carbocycles. The van der Waals surface area contributed by atoms with Gasteiger partial charge in [-0.15, -0.1) is 0 Å². The Morgan fingerprint density at radius 1 is 1.48 bits per heavy atom. The van der Waals surface area contributed by atoms with E-state index in [1.807, 2.05) is 13.1 Å². The lowest BCUT2D eigenvalue weighted by molar-refractivity contribution is -0.0541. The molecule has 21 heavy (non-hydrogen) atoms. The third-order valence-electron chi connectivity index (χ3n) is 4.15. The molecular weight excluding hydrogens is 291 g/mol. The molecule has 2 unspecified atom stereocenters. The number of hydrogen-bond acceptors (Lipinski definition) is 3. The Kier molecular flexibility index (Phi) is 5.99. The first kappa shape index (κ1) is 16.7. The van der Waals surface area contributed by atoms with Crippen LogP contribution in [0.1, 0.15) is 19.4 Å². The molecule has 1 aliphatic heterocycles. The zero-order valence-electron chi connectivity index (χ0n) is 12.9. The molecule has 0 radical (unpaired) electrons. The summed E-state index contributed by atoms with van der Waals surface area (Å²) < 4.78 is 19.5. The predicted molar refractivity (Wildman–Crippen MR) is 84.4 cm³/mol. The molecule has 0 aromatic heterocycles. The number of morpholine rings is 1. The highest BCUT2D eigenvalue weighted by molar-refractivity contribution is 6.31. The van der Waals surface area contributed by atoms with E-state index >= 15 is 0 Å². The summed E-state index contributed by atoms with van der Waals surface area (Å²) >= 11 is 6.06. The van der Waals surface area contributed by atoms with Crippen molar-refractivity contribution in [3.05, 3.63) is 34.6 Å². The lowest BCUT2D eigenvalue weighted by Gasteiger charge is -2.39. The zero-order valence-corrected chi connectivity index (χ0v) is 13.7. The van der Waals surface area contributed by atoms with Gasteiger partial charge in [-0.2, -0.15) is 0 Å². The van der Waals surface area contributed by atoms with Crippen LogP contribution >= 0.6 is 11.6 Å². The second kappa shape index (κ2) is 7.54. The van der Waals surface area contributed by atoms with Crippen LogP contribution in [0.15, 0.2) is 18.2 Å². The predicted octanol–water partition coefficient (Wildman–Crippen LogP) is 2.72. The fraction of sp³-hybridized carbons (Fsp3) is 0.625. The lowest BCUT2D eigenvalue weighted by Crippen LogP contribution is -2.53. The molecule has 1 fully saturated rings. The normalized spacial score (nSPS) is 21.7. The van der Waals surface area contributed by atoms with Crippen molar-refractivity contribution in [2.24, 2.45) is 0 Å². The fourth-order valence-electron chi connectivity index (χ4n) is 2.77. The first-order valence-corrected chi connectivity index (χ1v) is 7.86. The average Bonchev–Trinajstić information content (AvgIpc) is 2.49. The number of halogens is 2. The summed E-state index contributed by atoms with van der Waals surface area (Å²) in [6.45, 7) is 6.97. The molecule has 2 atom stereocenters. The van der Waals surface area contributed by atoms with Gasteiger partial charge < -0.3 is 10.1 Å². The van der Waals surface area contributed by atoms with Gasteiger partial charge in [0.15, 0.2) is 0 Å². The minimum atomic E-state index is -0.364. The van der Waals surface area contributed by atoms with Crippen molar-refractivity contribution in [1.82, 2.24) is 10.2 Å². The quantitative estimate of drug-likeness (QED) is 0.904. The Balaban J connectivity index is 2.07. The summed E-state index contributed by atoms with van der Waals surface area (Å²) in [6.07, 6.45) is 0.745. The molecular formula is C16H24ClFN2O. The van der Waals surface area contributed by atoms with Gasteiger partial charge in [0.2, 0.25) is 0 Å². The smallest absolute Gasteiger partial charge is 0.142 e. The molecule has 2 rings (SSSR count). The van der Waals surface area contributed by atoms with Gasteiger partial charge in [0.1, 0.15) is 5.82 Å². The van der Waals surface area contributed by atoms with Crippen LogP contribution < -0.4 is 5.32 Å².